The summed E-state index contributed by atoms with van der Waals surface area (Å²) in [4.78, 5) is 41.0. The Morgan fingerprint density at radius 1 is 1.40 bits per heavy atom. The van der Waals surface area contributed by atoms with E-state index in [1.165, 1.54) is 17.3 Å². The first-order valence-electron chi connectivity index (χ1n) is 6.52. The van der Waals surface area contributed by atoms with Gasteiger partial charge in [-0.05, 0) is 25.5 Å². The fourth-order valence-corrected chi connectivity index (χ4v) is 2.17. The lowest BCUT2D eigenvalue weighted by atomic mass is 9.95. The van der Waals surface area contributed by atoms with Crippen molar-refractivity contribution in [3.63, 3.8) is 0 Å². The number of hydrogen-bond acceptors (Lipinski definition) is 5. The Kier molecular flexibility index (Phi) is 4.45. The summed E-state index contributed by atoms with van der Waals surface area (Å²) < 4.78 is 4.86. The van der Waals surface area contributed by atoms with Gasteiger partial charge in [0.1, 0.15) is 5.92 Å². The van der Waals surface area contributed by atoms with Gasteiger partial charge in [0, 0.05) is 24.5 Å². The maximum Gasteiger partial charge on any atom is 0.316 e. The van der Waals surface area contributed by atoms with Crippen LogP contribution in [0.25, 0.3) is 0 Å². The molecular formula is C14H16N2O4. The molecule has 0 bridgehead atoms. The van der Waals surface area contributed by atoms with Gasteiger partial charge in [-0.2, -0.15) is 0 Å². The third-order valence-corrected chi connectivity index (χ3v) is 3.21. The number of carbonyl (C=O) groups excluding carboxylic acids is 3. The summed E-state index contributed by atoms with van der Waals surface area (Å²) in [7, 11) is 0. The van der Waals surface area contributed by atoms with Gasteiger partial charge in [-0.15, -0.1) is 0 Å². The van der Waals surface area contributed by atoms with Crippen molar-refractivity contribution < 1.29 is 19.1 Å². The fourth-order valence-electron chi connectivity index (χ4n) is 2.17. The van der Waals surface area contributed by atoms with Gasteiger partial charge < -0.3 is 9.64 Å². The molecule has 2 rings (SSSR count). The van der Waals surface area contributed by atoms with Crippen LogP contribution in [0, 0.1) is 5.92 Å². The van der Waals surface area contributed by atoms with Crippen molar-refractivity contribution in [1.29, 1.82) is 0 Å². The average molecular weight is 276 g/mol. The van der Waals surface area contributed by atoms with Crippen molar-refractivity contribution in [3.8, 4) is 0 Å². The van der Waals surface area contributed by atoms with Gasteiger partial charge >= 0.3 is 5.97 Å². The molecular weight excluding hydrogens is 260 g/mol. The fraction of sp³-hybridized carbons (Fsp3) is 0.429. The van der Waals surface area contributed by atoms with Gasteiger partial charge in [0.05, 0.1) is 13.2 Å². The molecule has 2 heterocycles. The number of Topliss-reactive ketones (excluding diaryl/α,β-unsaturated/α-hetero) is 1. The van der Waals surface area contributed by atoms with E-state index in [0.29, 0.717) is 18.5 Å². The number of ether oxygens (including phenoxy) is 1. The predicted molar refractivity (Wildman–Crippen MR) is 69.9 cm³/mol. The quantitative estimate of drug-likeness (QED) is 0.599. The van der Waals surface area contributed by atoms with Crippen molar-refractivity contribution >= 4 is 17.7 Å². The highest BCUT2D eigenvalue weighted by molar-refractivity contribution is 6.03. The molecule has 0 N–H and O–H groups in total. The minimum Gasteiger partial charge on any atom is -0.465 e. The number of rotatable bonds is 3. The molecule has 106 valence electrons. The molecule has 0 aliphatic carbocycles. The molecule has 0 spiro atoms. The number of aromatic nitrogens is 1. The summed E-state index contributed by atoms with van der Waals surface area (Å²) in [5.41, 5.74) is 0.488. The number of amides is 1. The summed E-state index contributed by atoms with van der Waals surface area (Å²) >= 11 is 0. The Morgan fingerprint density at radius 3 is 2.70 bits per heavy atom. The van der Waals surface area contributed by atoms with Crippen LogP contribution in [0.5, 0.6) is 0 Å². The van der Waals surface area contributed by atoms with Crippen LogP contribution in [0.3, 0.4) is 0 Å². The second-order valence-electron chi connectivity index (χ2n) is 4.52. The second-order valence-corrected chi connectivity index (χ2v) is 4.52. The van der Waals surface area contributed by atoms with E-state index in [9.17, 15) is 14.4 Å². The summed E-state index contributed by atoms with van der Waals surface area (Å²) in [6.45, 7) is 2.27. The normalized spacial score (nSPS) is 18.8. The highest BCUT2D eigenvalue weighted by Gasteiger charge is 2.35. The molecule has 0 radical (unpaired) electrons. The van der Waals surface area contributed by atoms with Gasteiger partial charge in [-0.1, -0.05) is 0 Å². The number of likely N-dealkylation sites (tertiary alicyclic amines) is 1. The minimum atomic E-state index is -0.739. The first-order chi connectivity index (χ1) is 9.63. The molecule has 1 aromatic heterocycles. The van der Waals surface area contributed by atoms with Crippen molar-refractivity contribution in [2.24, 2.45) is 5.92 Å². The lowest BCUT2D eigenvalue weighted by Gasteiger charge is -2.29. The molecule has 1 aromatic rings. The third kappa shape index (κ3) is 3.01. The zero-order chi connectivity index (χ0) is 14.5. The summed E-state index contributed by atoms with van der Waals surface area (Å²) in [5, 5.41) is 0. The van der Waals surface area contributed by atoms with E-state index >= 15 is 0 Å². The van der Waals surface area contributed by atoms with Crippen LogP contribution < -0.4 is 0 Å². The number of piperidine rings is 1. The molecule has 6 nitrogen and oxygen atoms in total. The summed E-state index contributed by atoms with van der Waals surface area (Å²) in [6.07, 6.45) is 3.37. The maximum absolute atomic E-state index is 12.2. The zero-order valence-corrected chi connectivity index (χ0v) is 11.2. The minimum absolute atomic E-state index is 0.0510. The molecule has 1 aliphatic heterocycles. The van der Waals surface area contributed by atoms with E-state index in [4.69, 9.17) is 4.74 Å². The zero-order valence-electron chi connectivity index (χ0n) is 11.2. The van der Waals surface area contributed by atoms with Crippen LogP contribution in [0.1, 0.15) is 23.7 Å². The molecule has 0 saturated carbocycles. The molecule has 1 unspecified atom stereocenters. The highest BCUT2D eigenvalue weighted by Crippen LogP contribution is 2.17. The van der Waals surface area contributed by atoms with Crippen LogP contribution in [0.4, 0.5) is 0 Å². The van der Waals surface area contributed by atoms with Crippen molar-refractivity contribution in [3.05, 3.63) is 30.1 Å². The lowest BCUT2D eigenvalue weighted by molar-refractivity contribution is -0.153. The van der Waals surface area contributed by atoms with Crippen LogP contribution in [0.2, 0.25) is 0 Å². The molecule has 1 atom stereocenters. The summed E-state index contributed by atoms with van der Waals surface area (Å²) in [5.74, 6) is -1.72. The SMILES string of the molecule is CCOC(=O)C1CCN(C(=O)c2ccncc2)CC1=O. The predicted octanol–water partition coefficient (Wildman–Crippen LogP) is 0.676. The first kappa shape index (κ1) is 14.2. The van der Waals surface area contributed by atoms with Crippen LogP contribution in [-0.4, -0.2) is 47.2 Å². The van der Waals surface area contributed by atoms with E-state index in [0.717, 1.165) is 0 Å². The molecule has 1 saturated heterocycles. The standard InChI is InChI=1S/C14H16N2O4/c1-2-20-14(19)11-5-8-16(9-12(11)17)13(18)10-3-6-15-7-4-10/h3-4,6-7,11H,2,5,8-9H2,1H3. The molecule has 0 aromatic carbocycles. The Hall–Kier alpha value is -2.24. The summed E-state index contributed by atoms with van der Waals surface area (Å²) in [6, 6.07) is 3.20. The van der Waals surface area contributed by atoms with Gasteiger partial charge in [0.2, 0.25) is 0 Å². The van der Waals surface area contributed by atoms with E-state index in [1.807, 2.05) is 0 Å². The smallest absolute Gasteiger partial charge is 0.316 e. The Balaban J connectivity index is 2.01. The van der Waals surface area contributed by atoms with Crippen molar-refractivity contribution in [2.75, 3.05) is 19.7 Å². The van der Waals surface area contributed by atoms with Crippen LogP contribution >= 0.6 is 0 Å². The van der Waals surface area contributed by atoms with Crippen LogP contribution in [0.15, 0.2) is 24.5 Å². The van der Waals surface area contributed by atoms with E-state index in [-0.39, 0.29) is 24.8 Å². The molecule has 1 amide bonds. The molecule has 6 heteroatoms. The highest BCUT2D eigenvalue weighted by atomic mass is 16.5. The number of pyridine rings is 1. The van der Waals surface area contributed by atoms with Crippen molar-refractivity contribution in [2.45, 2.75) is 13.3 Å². The van der Waals surface area contributed by atoms with Gasteiger partial charge in [-0.3, -0.25) is 19.4 Å². The molecule has 1 aliphatic rings. The molecule has 20 heavy (non-hydrogen) atoms. The number of nitrogens with zero attached hydrogens (tertiary/aromatic N) is 2. The number of ketones is 1. The maximum atomic E-state index is 12.2. The monoisotopic (exact) mass is 276 g/mol. The lowest BCUT2D eigenvalue weighted by Crippen LogP contribution is -2.46. The van der Waals surface area contributed by atoms with Gasteiger partial charge in [-0.25, -0.2) is 0 Å². The van der Waals surface area contributed by atoms with Gasteiger partial charge in [0.15, 0.2) is 5.78 Å². The Labute approximate surface area is 116 Å². The van der Waals surface area contributed by atoms with E-state index in [1.54, 1.807) is 19.1 Å². The largest absolute Gasteiger partial charge is 0.465 e. The number of esters is 1. The van der Waals surface area contributed by atoms with Crippen molar-refractivity contribution in [1.82, 2.24) is 9.88 Å². The number of carbonyl (C=O) groups is 3. The first-order valence-corrected chi connectivity index (χ1v) is 6.52. The topological polar surface area (TPSA) is 76.6 Å². The average Bonchev–Trinajstić information content (AvgIpc) is 2.47. The second kappa shape index (κ2) is 6.27. The van der Waals surface area contributed by atoms with Gasteiger partial charge in [0.25, 0.3) is 5.91 Å². The van der Waals surface area contributed by atoms with E-state index < -0.39 is 11.9 Å². The number of hydrogen-bond donors (Lipinski definition) is 0. The van der Waals surface area contributed by atoms with E-state index in [2.05, 4.69) is 4.98 Å². The molecule has 1 fully saturated rings. The Bertz CT molecular complexity index is 515. The van der Waals surface area contributed by atoms with Crippen LogP contribution in [-0.2, 0) is 14.3 Å². The third-order valence-electron chi connectivity index (χ3n) is 3.21. The Morgan fingerprint density at radius 2 is 2.10 bits per heavy atom.